The van der Waals surface area contributed by atoms with Crippen LogP contribution in [0.2, 0.25) is 0 Å². The number of nitrogens with zero attached hydrogens (tertiary/aromatic N) is 2. The van der Waals surface area contributed by atoms with E-state index in [1.165, 1.54) is 5.56 Å². The summed E-state index contributed by atoms with van der Waals surface area (Å²) in [6.45, 7) is 2.69. The molecule has 2 rings (SSSR count). The molecule has 1 unspecified atom stereocenters. The average molecular weight is 257 g/mol. The van der Waals surface area contributed by atoms with E-state index in [2.05, 4.69) is 22.2 Å². The first kappa shape index (κ1) is 13.5. The van der Waals surface area contributed by atoms with Crippen LogP contribution in [0.4, 0.5) is 0 Å². The van der Waals surface area contributed by atoms with Crippen LogP contribution in [0.1, 0.15) is 24.2 Å². The van der Waals surface area contributed by atoms with Crippen LogP contribution in [0.15, 0.2) is 42.7 Å². The van der Waals surface area contributed by atoms with E-state index in [9.17, 15) is 0 Å². The topological polar surface area (TPSA) is 47.0 Å². The van der Waals surface area contributed by atoms with Gasteiger partial charge in [-0.1, -0.05) is 6.07 Å². The highest BCUT2D eigenvalue weighted by atomic mass is 16.5. The van der Waals surface area contributed by atoms with Gasteiger partial charge >= 0.3 is 0 Å². The van der Waals surface area contributed by atoms with Crippen molar-refractivity contribution in [1.29, 1.82) is 0 Å². The summed E-state index contributed by atoms with van der Waals surface area (Å²) in [5.41, 5.74) is 2.20. The minimum absolute atomic E-state index is 0.293. The molecule has 1 N–H and O–H groups in total. The summed E-state index contributed by atoms with van der Waals surface area (Å²) in [5, 5.41) is 3.20. The third-order valence-electron chi connectivity index (χ3n) is 3.03. The van der Waals surface area contributed by atoms with Gasteiger partial charge in [-0.2, -0.15) is 0 Å². The third kappa shape index (κ3) is 4.03. The summed E-state index contributed by atoms with van der Waals surface area (Å²) >= 11 is 0. The first-order valence-electron chi connectivity index (χ1n) is 6.45. The zero-order chi connectivity index (χ0) is 13.5. The highest BCUT2D eigenvalue weighted by Crippen LogP contribution is 2.16. The molecule has 2 heterocycles. The monoisotopic (exact) mass is 257 g/mol. The van der Waals surface area contributed by atoms with E-state index in [-0.39, 0.29) is 0 Å². The standard InChI is InChI=1S/C15H19N3O/c1-12(16-2)13-6-9-18-15(11-13)19-10-7-14-5-3-4-8-17-14/h3-6,8-9,11-12,16H,7,10H2,1-2H3. The van der Waals surface area contributed by atoms with E-state index in [1.807, 2.05) is 37.4 Å². The normalized spacial score (nSPS) is 12.1. The summed E-state index contributed by atoms with van der Waals surface area (Å²) in [6.07, 6.45) is 4.36. The van der Waals surface area contributed by atoms with E-state index in [1.54, 1.807) is 12.4 Å². The maximum atomic E-state index is 5.67. The van der Waals surface area contributed by atoms with E-state index in [0.29, 0.717) is 18.5 Å². The van der Waals surface area contributed by atoms with Crippen molar-refractivity contribution in [2.24, 2.45) is 0 Å². The number of pyridine rings is 2. The smallest absolute Gasteiger partial charge is 0.213 e. The maximum Gasteiger partial charge on any atom is 0.213 e. The van der Waals surface area contributed by atoms with Gasteiger partial charge in [-0.15, -0.1) is 0 Å². The number of ether oxygens (including phenoxy) is 1. The van der Waals surface area contributed by atoms with Crippen LogP contribution >= 0.6 is 0 Å². The van der Waals surface area contributed by atoms with Crippen molar-refractivity contribution >= 4 is 0 Å². The summed E-state index contributed by atoms with van der Waals surface area (Å²) in [4.78, 5) is 8.48. The Kier molecular flexibility index (Phi) is 4.86. The lowest BCUT2D eigenvalue weighted by Crippen LogP contribution is -2.12. The molecule has 0 bridgehead atoms. The summed E-state index contributed by atoms with van der Waals surface area (Å²) in [5.74, 6) is 0.663. The molecule has 2 aromatic heterocycles. The lowest BCUT2D eigenvalue weighted by molar-refractivity contribution is 0.307. The van der Waals surface area contributed by atoms with Crippen molar-refractivity contribution in [3.05, 3.63) is 54.0 Å². The summed E-state index contributed by atoms with van der Waals surface area (Å²) < 4.78 is 5.67. The molecule has 0 aromatic carbocycles. The molecule has 0 aliphatic rings. The summed E-state index contributed by atoms with van der Waals surface area (Å²) in [7, 11) is 1.94. The van der Waals surface area contributed by atoms with Crippen molar-refractivity contribution in [3.63, 3.8) is 0 Å². The van der Waals surface area contributed by atoms with Gasteiger partial charge in [0.15, 0.2) is 0 Å². The first-order valence-corrected chi connectivity index (χ1v) is 6.45. The SMILES string of the molecule is CNC(C)c1ccnc(OCCc2ccccn2)c1. The molecule has 0 radical (unpaired) electrons. The predicted octanol–water partition coefficient (Wildman–Crippen LogP) is 2.38. The fourth-order valence-corrected chi connectivity index (χ4v) is 1.75. The molecule has 19 heavy (non-hydrogen) atoms. The zero-order valence-electron chi connectivity index (χ0n) is 11.3. The molecule has 0 saturated heterocycles. The van der Waals surface area contributed by atoms with Gasteiger partial charge in [0.2, 0.25) is 5.88 Å². The fourth-order valence-electron chi connectivity index (χ4n) is 1.75. The number of rotatable bonds is 6. The Morgan fingerprint density at radius 1 is 1.21 bits per heavy atom. The molecule has 0 saturated carbocycles. The van der Waals surface area contributed by atoms with Gasteiger partial charge in [0, 0.05) is 36.6 Å². The van der Waals surface area contributed by atoms with Crippen LogP contribution in [0, 0.1) is 0 Å². The van der Waals surface area contributed by atoms with Gasteiger partial charge < -0.3 is 10.1 Å². The van der Waals surface area contributed by atoms with E-state index in [4.69, 9.17) is 4.74 Å². The van der Waals surface area contributed by atoms with Gasteiger partial charge in [0.05, 0.1) is 6.61 Å². The Bertz CT molecular complexity index is 502. The van der Waals surface area contributed by atoms with Gasteiger partial charge in [0.25, 0.3) is 0 Å². The molecule has 4 heteroatoms. The maximum absolute atomic E-state index is 5.67. The summed E-state index contributed by atoms with van der Waals surface area (Å²) in [6, 6.07) is 10.1. The van der Waals surface area contributed by atoms with Crippen LogP contribution in [0.3, 0.4) is 0 Å². The van der Waals surface area contributed by atoms with Crippen molar-refractivity contribution < 1.29 is 4.74 Å². The largest absolute Gasteiger partial charge is 0.477 e. The minimum Gasteiger partial charge on any atom is -0.477 e. The van der Waals surface area contributed by atoms with Crippen molar-refractivity contribution in [2.45, 2.75) is 19.4 Å². The fraction of sp³-hybridized carbons (Fsp3) is 0.333. The van der Waals surface area contributed by atoms with Gasteiger partial charge in [-0.3, -0.25) is 4.98 Å². The van der Waals surface area contributed by atoms with Crippen molar-refractivity contribution in [1.82, 2.24) is 15.3 Å². The third-order valence-corrected chi connectivity index (χ3v) is 3.03. The Labute approximate surface area is 113 Å². The average Bonchev–Trinajstić information content (AvgIpc) is 2.48. The lowest BCUT2D eigenvalue weighted by atomic mass is 10.1. The van der Waals surface area contributed by atoms with Gasteiger partial charge in [-0.05, 0) is 37.7 Å². The van der Waals surface area contributed by atoms with E-state index >= 15 is 0 Å². The molecule has 0 fully saturated rings. The van der Waals surface area contributed by atoms with E-state index in [0.717, 1.165) is 12.1 Å². The Balaban J connectivity index is 1.89. The number of nitrogens with one attached hydrogen (secondary N) is 1. The molecular weight excluding hydrogens is 238 g/mol. The molecular formula is C15H19N3O. The molecule has 1 atom stereocenters. The van der Waals surface area contributed by atoms with Crippen LogP contribution < -0.4 is 10.1 Å². The Morgan fingerprint density at radius 2 is 2.11 bits per heavy atom. The highest BCUT2D eigenvalue weighted by molar-refractivity contribution is 5.23. The second-order valence-electron chi connectivity index (χ2n) is 4.36. The molecule has 2 aromatic rings. The quantitative estimate of drug-likeness (QED) is 0.863. The molecule has 100 valence electrons. The first-order chi connectivity index (χ1) is 9.29. The Morgan fingerprint density at radius 3 is 2.84 bits per heavy atom. The molecule has 0 aliphatic heterocycles. The van der Waals surface area contributed by atoms with E-state index < -0.39 is 0 Å². The Hall–Kier alpha value is -1.94. The second-order valence-corrected chi connectivity index (χ2v) is 4.36. The van der Waals surface area contributed by atoms with Crippen LogP contribution in [0.25, 0.3) is 0 Å². The molecule has 0 aliphatic carbocycles. The highest BCUT2D eigenvalue weighted by Gasteiger charge is 2.04. The van der Waals surface area contributed by atoms with Crippen LogP contribution in [0.5, 0.6) is 5.88 Å². The second kappa shape index (κ2) is 6.85. The number of hydrogen-bond acceptors (Lipinski definition) is 4. The van der Waals surface area contributed by atoms with Crippen molar-refractivity contribution in [2.75, 3.05) is 13.7 Å². The zero-order valence-corrected chi connectivity index (χ0v) is 11.3. The predicted molar refractivity (Wildman–Crippen MR) is 75.1 cm³/mol. The molecule has 0 spiro atoms. The van der Waals surface area contributed by atoms with Crippen LogP contribution in [-0.2, 0) is 6.42 Å². The van der Waals surface area contributed by atoms with Gasteiger partial charge in [0.1, 0.15) is 0 Å². The molecule has 4 nitrogen and oxygen atoms in total. The number of hydrogen-bond donors (Lipinski definition) is 1. The van der Waals surface area contributed by atoms with Crippen LogP contribution in [-0.4, -0.2) is 23.6 Å². The van der Waals surface area contributed by atoms with Gasteiger partial charge in [-0.25, -0.2) is 4.98 Å². The minimum atomic E-state index is 0.293. The lowest BCUT2D eigenvalue weighted by Gasteiger charge is -2.11. The van der Waals surface area contributed by atoms with Crippen molar-refractivity contribution in [3.8, 4) is 5.88 Å². The number of aromatic nitrogens is 2. The molecule has 0 amide bonds.